The Morgan fingerprint density at radius 2 is 1.85 bits per heavy atom. The number of carboxylic acids is 1. The summed E-state index contributed by atoms with van der Waals surface area (Å²) in [6, 6.07) is 9.64. The monoisotopic (exact) mass is 370 g/mol. The van der Waals surface area contributed by atoms with Crippen molar-refractivity contribution in [2.45, 2.75) is 19.3 Å². The van der Waals surface area contributed by atoms with Crippen LogP contribution in [0.4, 0.5) is 0 Å². The van der Waals surface area contributed by atoms with E-state index in [4.69, 9.17) is 14.3 Å². The molecular weight excluding hydrogens is 352 g/mol. The first-order valence-electron chi connectivity index (χ1n) is 8.18. The molecule has 3 aromatic rings. The Balaban J connectivity index is 1.98. The number of ether oxygens (including phenoxy) is 1. The topological polar surface area (TPSA) is 125 Å². The summed E-state index contributed by atoms with van der Waals surface area (Å²) in [6.07, 6.45) is -0.0524. The number of benzene rings is 1. The summed E-state index contributed by atoms with van der Waals surface area (Å²) < 4.78 is 10.6. The average molecular weight is 370 g/mol. The van der Waals surface area contributed by atoms with E-state index in [9.17, 15) is 14.4 Å². The van der Waals surface area contributed by atoms with Gasteiger partial charge in [-0.15, -0.1) is 0 Å². The first kappa shape index (κ1) is 18.2. The molecule has 2 aromatic heterocycles. The zero-order chi connectivity index (χ0) is 19.6. The third-order valence-corrected chi connectivity index (χ3v) is 4.35. The van der Waals surface area contributed by atoms with Crippen molar-refractivity contribution in [1.29, 1.82) is 0 Å². The fourth-order valence-corrected chi connectivity index (χ4v) is 2.94. The van der Waals surface area contributed by atoms with Gasteiger partial charge in [0.25, 0.3) is 5.56 Å². The maximum absolute atomic E-state index is 12.2. The normalized spacial score (nSPS) is 11.9. The molecule has 0 radical (unpaired) electrons. The molecule has 1 unspecified atom stereocenters. The van der Waals surface area contributed by atoms with Gasteiger partial charge in [0.15, 0.2) is 0 Å². The molecule has 0 aliphatic carbocycles. The highest BCUT2D eigenvalue weighted by molar-refractivity contribution is 5.88. The zero-order valence-corrected chi connectivity index (χ0v) is 14.7. The second-order valence-electron chi connectivity index (χ2n) is 6.04. The number of aromatic amines is 2. The first-order chi connectivity index (χ1) is 12.9. The molecule has 0 saturated carbocycles. The first-order valence-corrected chi connectivity index (χ1v) is 8.18. The molecule has 0 amide bonds. The summed E-state index contributed by atoms with van der Waals surface area (Å²) in [6.45, 7) is 1.73. The van der Waals surface area contributed by atoms with Crippen LogP contribution >= 0.6 is 0 Å². The number of aromatic carboxylic acids is 1. The maximum Gasteiger partial charge on any atom is 0.335 e. The van der Waals surface area contributed by atoms with E-state index in [-0.39, 0.29) is 17.5 Å². The van der Waals surface area contributed by atoms with Gasteiger partial charge >= 0.3 is 11.9 Å². The Kier molecular flexibility index (Phi) is 4.98. The van der Waals surface area contributed by atoms with E-state index < -0.39 is 17.9 Å². The molecule has 3 rings (SSSR count). The predicted molar refractivity (Wildman–Crippen MR) is 95.7 cm³/mol. The minimum atomic E-state index is -1.01. The molecule has 2 heterocycles. The highest BCUT2D eigenvalue weighted by Gasteiger charge is 2.27. The summed E-state index contributed by atoms with van der Waals surface area (Å²) >= 11 is 0. The molecule has 1 aromatic carbocycles. The molecule has 1 atom stereocenters. The molecule has 0 spiro atoms. The Bertz CT molecular complexity index is 1030. The van der Waals surface area contributed by atoms with E-state index in [1.807, 2.05) is 0 Å². The van der Waals surface area contributed by atoms with Crippen LogP contribution in [-0.4, -0.2) is 34.4 Å². The van der Waals surface area contributed by atoms with Crippen molar-refractivity contribution in [3.8, 4) is 11.3 Å². The lowest BCUT2D eigenvalue weighted by Crippen LogP contribution is -2.16. The van der Waals surface area contributed by atoms with E-state index in [2.05, 4.69) is 10.2 Å². The van der Waals surface area contributed by atoms with E-state index in [0.29, 0.717) is 28.3 Å². The molecule has 0 fully saturated rings. The van der Waals surface area contributed by atoms with Crippen LogP contribution < -0.4 is 5.56 Å². The number of aromatic nitrogens is 2. The van der Waals surface area contributed by atoms with E-state index in [0.717, 1.165) is 0 Å². The quantitative estimate of drug-likeness (QED) is 0.573. The molecule has 140 valence electrons. The largest absolute Gasteiger partial charge is 0.478 e. The maximum atomic E-state index is 12.2. The van der Waals surface area contributed by atoms with Gasteiger partial charge in [-0.3, -0.25) is 14.7 Å². The highest BCUT2D eigenvalue weighted by Crippen LogP contribution is 2.32. The van der Waals surface area contributed by atoms with Crippen molar-refractivity contribution in [3.63, 3.8) is 0 Å². The summed E-state index contributed by atoms with van der Waals surface area (Å²) in [5, 5.41) is 14.2. The van der Waals surface area contributed by atoms with Crippen LogP contribution in [0.1, 0.15) is 39.7 Å². The van der Waals surface area contributed by atoms with Crippen molar-refractivity contribution >= 4 is 11.9 Å². The van der Waals surface area contributed by atoms with E-state index in [1.165, 1.54) is 19.2 Å². The summed E-state index contributed by atoms with van der Waals surface area (Å²) in [4.78, 5) is 35.0. The number of carbonyl (C=O) groups is 2. The van der Waals surface area contributed by atoms with Crippen LogP contribution in [0.3, 0.4) is 0 Å². The fourth-order valence-electron chi connectivity index (χ4n) is 2.94. The summed E-state index contributed by atoms with van der Waals surface area (Å²) in [5.41, 5.74) is 1.54. The van der Waals surface area contributed by atoms with Crippen LogP contribution in [0, 0.1) is 6.92 Å². The molecular formula is C19H18N2O6. The number of hydrogen-bond donors (Lipinski definition) is 3. The number of furan rings is 1. The zero-order valence-electron chi connectivity index (χ0n) is 14.7. The summed E-state index contributed by atoms with van der Waals surface area (Å²) in [5.74, 6) is -1.16. The molecule has 0 bridgehead atoms. The van der Waals surface area contributed by atoms with Gasteiger partial charge in [-0.1, -0.05) is 12.1 Å². The van der Waals surface area contributed by atoms with Gasteiger partial charge in [-0.25, -0.2) is 4.79 Å². The van der Waals surface area contributed by atoms with Gasteiger partial charge in [0.1, 0.15) is 11.5 Å². The van der Waals surface area contributed by atoms with Crippen LogP contribution in [0.5, 0.6) is 0 Å². The second kappa shape index (κ2) is 7.36. The lowest BCUT2D eigenvalue weighted by Gasteiger charge is -2.12. The van der Waals surface area contributed by atoms with Crippen molar-refractivity contribution < 1.29 is 23.8 Å². The molecule has 0 aliphatic heterocycles. The fraction of sp³-hybridized carbons (Fsp3) is 0.211. The minimum absolute atomic E-state index is 0.0524. The number of H-pyrrole nitrogens is 2. The standard InChI is InChI=1S/C19H18N2O6/c1-10-17(18(23)21-20-10)13(9-16(22)26-2)15-8-7-14(27-15)11-3-5-12(6-4-11)19(24)25/h3-8,13H,9H2,1-2H3,(H,24,25)(H2,20,21,23). The Morgan fingerprint density at radius 1 is 1.15 bits per heavy atom. The van der Waals surface area contributed by atoms with Gasteiger partial charge in [0.05, 0.1) is 30.6 Å². The van der Waals surface area contributed by atoms with Crippen LogP contribution in [0.15, 0.2) is 45.6 Å². The lowest BCUT2D eigenvalue weighted by atomic mass is 9.93. The SMILES string of the molecule is COC(=O)CC(c1ccc(-c2ccc(C(=O)O)cc2)o1)c1c(C)[nH][nH]c1=O. The van der Waals surface area contributed by atoms with Gasteiger partial charge in [-0.2, -0.15) is 0 Å². The molecule has 0 saturated heterocycles. The van der Waals surface area contributed by atoms with Gasteiger partial charge in [-0.05, 0) is 31.2 Å². The number of carbonyl (C=O) groups excluding carboxylic acids is 1. The number of nitrogens with one attached hydrogen (secondary N) is 2. The molecule has 8 heteroatoms. The number of carboxylic acid groups (broad SMARTS) is 1. The Hall–Kier alpha value is -3.55. The predicted octanol–water partition coefficient (Wildman–Crippen LogP) is 2.66. The third kappa shape index (κ3) is 3.69. The molecule has 3 N–H and O–H groups in total. The molecule has 27 heavy (non-hydrogen) atoms. The number of rotatable bonds is 6. The number of esters is 1. The molecule has 0 aliphatic rings. The van der Waals surface area contributed by atoms with E-state index in [1.54, 1.807) is 31.2 Å². The van der Waals surface area contributed by atoms with Crippen molar-refractivity contribution in [3.05, 3.63) is 69.3 Å². The lowest BCUT2D eigenvalue weighted by molar-refractivity contribution is -0.140. The third-order valence-electron chi connectivity index (χ3n) is 4.35. The minimum Gasteiger partial charge on any atom is -0.478 e. The van der Waals surface area contributed by atoms with Gasteiger partial charge in [0.2, 0.25) is 0 Å². The molecule has 8 nitrogen and oxygen atoms in total. The highest BCUT2D eigenvalue weighted by atomic mass is 16.5. The van der Waals surface area contributed by atoms with Crippen molar-refractivity contribution in [1.82, 2.24) is 10.2 Å². The van der Waals surface area contributed by atoms with Crippen LogP contribution in [-0.2, 0) is 9.53 Å². The van der Waals surface area contributed by atoms with Gasteiger partial charge < -0.3 is 19.4 Å². The Labute approximate surface area is 153 Å². The van der Waals surface area contributed by atoms with Crippen molar-refractivity contribution in [2.24, 2.45) is 0 Å². The second-order valence-corrected chi connectivity index (χ2v) is 6.04. The number of aryl methyl sites for hydroxylation is 1. The van der Waals surface area contributed by atoms with Crippen LogP contribution in [0.2, 0.25) is 0 Å². The summed E-state index contributed by atoms with van der Waals surface area (Å²) in [7, 11) is 1.28. The van der Waals surface area contributed by atoms with Gasteiger partial charge in [0, 0.05) is 11.3 Å². The van der Waals surface area contributed by atoms with Crippen molar-refractivity contribution in [2.75, 3.05) is 7.11 Å². The van der Waals surface area contributed by atoms with E-state index >= 15 is 0 Å². The Morgan fingerprint density at radius 3 is 2.41 bits per heavy atom. The number of hydrogen-bond acceptors (Lipinski definition) is 5. The average Bonchev–Trinajstić information content (AvgIpc) is 3.27. The van der Waals surface area contributed by atoms with Crippen LogP contribution in [0.25, 0.3) is 11.3 Å². The number of methoxy groups -OCH3 is 1. The smallest absolute Gasteiger partial charge is 0.335 e.